The summed E-state index contributed by atoms with van der Waals surface area (Å²) in [6, 6.07) is 8.21. The molecule has 1 saturated heterocycles. The Morgan fingerprint density at radius 1 is 1.33 bits per heavy atom. The van der Waals surface area contributed by atoms with Crippen molar-refractivity contribution in [2.45, 2.75) is 30.4 Å². The molecule has 1 N–H and O–H groups in total. The summed E-state index contributed by atoms with van der Waals surface area (Å²) in [6.07, 6.45) is 0. The third-order valence-corrected chi connectivity index (χ3v) is 7.22. The Hall–Kier alpha value is -0.290. The highest BCUT2D eigenvalue weighted by Crippen LogP contribution is 2.40. The van der Waals surface area contributed by atoms with E-state index in [-0.39, 0.29) is 6.04 Å². The molecule has 0 bridgehead atoms. The lowest BCUT2D eigenvalue weighted by atomic mass is 10.1. The van der Waals surface area contributed by atoms with E-state index in [9.17, 15) is 0 Å². The molecule has 1 aliphatic rings. The molecule has 0 spiro atoms. The first-order valence-electron chi connectivity index (χ1n) is 7.34. The van der Waals surface area contributed by atoms with Crippen LogP contribution in [0.3, 0.4) is 0 Å². The molecule has 0 amide bonds. The average molecular weight is 342 g/mol. The molecule has 21 heavy (non-hydrogen) atoms. The Morgan fingerprint density at radius 2 is 2.14 bits per heavy atom. The van der Waals surface area contributed by atoms with Crippen LogP contribution in [0.4, 0.5) is 0 Å². The van der Waals surface area contributed by atoms with Crippen LogP contribution in [-0.4, -0.2) is 28.6 Å². The van der Waals surface area contributed by atoms with Gasteiger partial charge in [0.2, 0.25) is 0 Å². The standard InChI is InChI=1S/C16H20ClNOS2/c1-3-18-15(16-10(2)20-6-7-21-16)14-9-11-8-12(17)4-5-13(11)19-14/h4-5,8-10,15-16,18H,3,6-7H2,1-2H3. The average Bonchev–Trinajstić information content (AvgIpc) is 2.88. The molecule has 3 rings (SSSR count). The monoisotopic (exact) mass is 341 g/mol. The van der Waals surface area contributed by atoms with Crippen molar-refractivity contribution < 1.29 is 4.42 Å². The zero-order valence-electron chi connectivity index (χ0n) is 12.3. The third-order valence-electron chi connectivity index (χ3n) is 3.79. The van der Waals surface area contributed by atoms with Gasteiger partial charge in [0.05, 0.1) is 6.04 Å². The molecule has 0 aliphatic carbocycles. The number of hydrogen-bond acceptors (Lipinski definition) is 4. The summed E-state index contributed by atoms with van der Waals surface area (Å²) in [4.78, 5) is 0. The van der Waals surface area contributed by atoms with Crippen molar-refractivity contribution in [3.8, 4) is 0 Å². The number of nitrogens with one attached hydrogen (secondary N) is 1. The van der Waals surface area contributed by atoms with Crippen molar-refractivity contribution in [3.63, 3.8) is 0 Å². The van der Waals surface area contributed by atoms with E-state index in [1.54, 1.807) is 0 Å². The summed E-state index contributed by atoms with van der Waals surface area (Å²) >= 11 is 10.2. The predicted molar refractivity (Wildman–Crippen MR) is 95.8 cm³/mol. The maximum atomic E-state index is 6.10. The number of benzene rings is 1. The molecule has 2 aromatic rings. The van der Waals surface area contributed by atoms with Crippen LogP contribution in [0.5, 0.6) is 0 Å². The van der Waals surface area contributed by atoms with Gasteiger partial charge < -0.3 is 9.73 Å². The van der Waals surface area contributed by atoms with E-state index < -0.39 is 0 Å². The molecule has 2 nitrogen and oxygen atoms in total. The first kappa shape index (κ1) is 15.6. The summed E-state index contributed by atoms with van der Waals surface area (Å²) in [7, 11) is 0. The molecule has 1 aromatic carbocycles. The number of thioether (sulfide) groups is 2. The molecule has 0 saturated carbocycles. The quantitative estimate of drug-likeness (QED) is 0.848. The summed E-state index contributed by atoms with van der Waals surface area (Å²) < 4.78 is 6.10. The maximum absolute atomic E-state index is 6.10. The highest BCUT2D eigenvalue weighted by atomic mass is 35.5. The molecule has 1 fully saturated rings. The van der Waals surface area contributed by atoms with Crippen LogP contribution in [-0.2, 0) is 0 Å². The second-order valence-electron chi connectivity index (χ2n) is 5.28. The van der Waals surface area contributed by atoms with Gasteiger partial charge in [-0.3, -0.25) is 0 Å². The van der Waals surface area contributed by atoms with Gasteiger partial charge in [0.1, 0.15) is 11.3 Å². The molecule has 1 aromatic heterocycles. The van der Waals surface area contributed by atoms with Crippen molar-refractivity contribution in [1.82, 2.24) is 5.32 Å². The van der Waals surface area contributed by atoms with Gasteiger partial charge in [0, 0.05) is 32.4 Å². The van der Waals surface area contributed by atoms with E-state index in [2.05, 4.69) is 48.8 Å². The van der Waals surface area contributed by atoms with Crippen LogP contribution in [0.1, 0.15) is 25.6 Å². The highest BCUT2D eigenvalue weighted by Gasteiger charge is 2.32. The van der Waals surface area contributed by atoms with Crippen molar-refractivity contribution in [2.24, 2.45) is 0 Å². The fourth-order valence-corrected chi connectivity index (χ4v) is 5.91. The normalized spacial score (nSPS) is 24.3. The summed E-state index contributed by atoms with van der Waals surface area (Å²) in [5.74, 6) is 3.49. The number of rotatable bonds is 4. The smallest absolute Gasteiger partial charge is 0.134 e. The Labute approximate surface area is 139 Å². The van der Waals surface area contributed by atoms with Crippen LogP contribution in [0, 0.1) is 0 Å². The summed E-state index contributed by atoms with van der Waals surface area (Å²) in [5.41, 5.74) is 0.915. The van der Waals surface area contributed by atoms with Crippen LogP contribution in [0.25, 0.3) is 11.0 Å². The Kier molecular flexibility index (Phi) is 5.10. The fourth-order valence-electron chi connectivity index (χ4n) is 2.80. The Morgan fingerprint density at radius 3 is 2.90 bits per heavy atom. The molecule has 114 valence electrons. The van der Waals surface area contributed by atoms with E-state index >= 15 is 0 Å². The molecular formula is C16H20ClNOS2. The van der Waals surface area contributed by atoms with Gasteiger partial charge in [-0.05, 0) is 30.8 Å². The summed E-state index contributed by atoms with van der Waals surface area (Å²) in [5, 5.41) is 6.62. The second kappa shape index (κ2) is 6.86. The molecule has 0 radical (unpaired) electrons. The lowest BCUT2D eigenvalue weighted by molar-refractivity contribution is 0.424. The molecule has 5 heteroatoms. The Balaban J connectivity index is 1.94. The van der Waals surface area contributed by atoms with E-state index in [1.165, 1.54) is 11.5 Å². The number of fused-ring (bicyclic) bond motifs is 1. The zero-order chi connectivity index (χ0) is 14.8. The lowest BCUT2D eigenvalue weighted by Crippen LogP contribution is -2.37. The minimum atomic E-state index is 0.258. The maximum Gasteiger partial charge on any atom is 0.134 e. The highest BCUT2D eigenvalue weighted by molar-refractivity contribution is 8.07. The van der Waals surface area contributed by atoms with Crippen LogP contribution in [0.2, 0.25) is 5.02 Å². The minimum absolute atomic E-state index is 0.258. The second-order valence-corrected chi connectivity index (χ2v) is 8.49. The van der Waals surface area contributed by atoms with Crippen LogP contribution < -0.4 is 5.32 Å². The van der Waals surface area contributed by atoms with Crippen molar-refractivity contribution in [1.29, 1.82) is 0 Å². The van der Waals surface area contributed by atoms with Gasteiger partial charge in [-0.25, -0.2) is 0 Å². The van der Waals surface area contributed by atoms with E-state index in [1.807, 2.05) is 18.2 Å². The first-order valence-corrected chi connectivity index (χ1v) is 9.82. The van der Waals surface area contributed by atoms with Crippen molar-refractivity contribution in [2.75, 3.05) is 18.1 Å². The molecule has 3 unspecified atom stereocenters. The van der Waals surface area contributed by atoms with Gasteiger partial charge in [-0.1, -0.05) is 25.4 Å². The molecular weight excluding hydrogens is 322 g/mol. The van der Waals surface area contributed by atoms with E-state index in [0.29, 0.717) is 10.5 Å². The summed E-state index contributed by atoms with van der Waals surface area (Å²) in [6.45, 7) is 5.42. The Bertz CT molecular complexity index is 615. The van der Waals surface area contributed by atoms with E-state index in [0.717, 1.165) is 28.3 Å². The van der Waals surface area contributed by atoms with Crippen molar-refractivity contribution >= 4 is 46.1 Å². The van der Waals surface area contributed by atoms with E-state index in [4.69, 9.17) is 16.0 Å². The number of halogens is 1. The molecule has 1 aliphatic heterocycles. The van der Waals surface area contributed by atoms with Gasteiger partial charge in [-0.2, -0.15) is 23.5 Å². The first-order chi connectivity index (χ1) is 10.2. The minimum Gasteiger partial charge on any atom is -0.459 e. The SMILES string of the molecule is CCNC(c1cc2cc(Cl)ccc2o1)C1SCCSC1C. The van der Waals surface area contributed by atoms with Gasteiger partial charge in [0.25, 0.3) is 0 Å². The topological polar surface area (TPSA) is 25.2 Å². The molecule has 2 heterocycles. The lowest BCUT2D eigenvalue weighted by Gasteiger charge is -2.33. The predicted octanol–water partition coefficient (Wildman–Crippen LogP) is 4.97. The van der Waals surface area contributed by atoms with Gasteiger partial charge in [0.15, 0.2) is 0 Å². The van der Waals surface area contributed by atoms with Gasteiger partial charge >= 0.3 is 0 Å². The number of hydrogen-bond donors (Lipinski definition) is 1. The number of furan rings is 1. The van der Waals surface area contributed by atoms with Crippen molar-refractivity contribution in [3.05, 3.63) is 35.0 Å². The van der Waals surface area contributed by atoms with Crippen LogP contribution in [0.15, 0.2) is 28.7 Å². The third kappa shape index (κ3) is 3.39. The largest absolute Gasteiger partial charge is 0.459 e. The van der Waals surface area contributed by atoms with Crippen LogP contribution >= 0.6 is 35.1 Å². The zero-order valence-corrected chi connectivity index (χ0v) is 14.7. The fraction of sp³-hybridized carbons (Fsp3) is 0.500. The molecule has 3 atom stereocenters. The van der Waals surface area contributed by atoms with Gasteiger partial charge in [-0.15, -0.1) is 0 Å².